The molecule has 2 amide bonds. The second-order valence-corrected chi connectivity index (χ2v) is 7.27. The normalized spacial score (nSPS) is 20.7. The molecule has 9 heteroatoms. The number of esters is 1. The fourth-order valence-electron chi connectivity index (χ4n) is 4.11. The zero-order valence-corrected chi connectivity index (χ0v) is 16.1. The van der Waals surface area contributed by atoms with Gasteiger partial charge in [0.1, 0.15) is 6.20 Å². The summed E-state index contributed by atoms with van der Waals surface area (Å²) in [5, 5.41) is 11.8. The van der Waals surface area contributed by atoms with Gasteiger partial charge in [0.25, 0.3) is 5.91 Å². The monoisotopic (exact) mass is 396 g/mol. The summed E-state index contributed by atoms with van der Waals surface area (Å²) in [7, 11) is 0. The molecule has 1 unspecified atom stereocenters. The first kappa shape index (κ1) is 18.9. The van der Waals surface area contributed by atoms with E-state index in [0.29, 0.717) is 16.0 Å². The summed E-state index contributed by atoms with van der Waals surface area (Å²) in [4.78, 5) is 46.1. The van der Waals surface area contributed by atoms with E-state index in [1.54, 1.807) is 38.1 Å². The first-order valence-electron chi connectivity index (χ1n) is 9.34. The number of nitrogens with zero attached hydrogens (tertiary/aromatic N) is 4. The number of carbonyl (C=O) groups is 3. The Hall–Kier alpha value is -3.49. The summed E-state index contributed by atoms with van der Waals surface area (Å²) in [5.41, 5.74) is -0.827. The molecule has 0 radical (unpaired) electrons. The largest absolute Gasteiger partial charge is 0.711 e. The maximum Gasteiger partial charge on any atom is 0.354 e. The van der Waals surface area contributed by atoms with Crippen molar-refractivity contribution in [3.8, 4) is 0 Å². The molecular weight excluding hydrogens is 376 g/mol. The predicted molar refractivity (Wildman–Crippen MR) is 100 cm³/mol. The van der Waals surface area contributed by atoms with E-state index in [9.17, 15) is 19.6 Å². The van der Waals surface area contributed by atoms with Crippen LogP contribution in [0.15, 0.2) is 42.7 Å². The average Bonchev–Trinajstić information content (AvgIpc) is 3.05. The molecule has 2 aliphatic rings. The van der Waals surface area contributed by atoms with E-state index in [0.717, 1.165) is 0 Å². The Morgan fingerprint density at radius 3 is 2.79 bits per heavy atom. The Morgan fingerprint density at radius 2 is 2.07 bits per heavy atom. The summed E-state index contributed by atoms with van der Waals surface area (Å²) in [6.07, 6.45) is 2.89. The van der Waals surface area contributed by atoms with Gasteiger partial charge in [-0.2, -0.15) is 0 Å². The molecule has 9 nitrogen and oxygen atoms in total. The lowest BCUT2D eigenvalue weighted by atomic mass is 9.95. The van der Waals surface area contributed by atoms with Gasteiger partial charge < -0.3 is 14.8 Å². The van der Waals surface area contributed by atoms with Crippen molar-refractivity contribution >= 4 is 23.5 Å². The molecule has 1 atom stereocenters. The van der Waals surface area contributed by atoms with Crippen molar-refractivity contribution in [3.05, 3.63) is 59.3 Å². The van der Waals surface area contributed by atoms with Gasteiger partial charge >= 0.3 is 11.8 Å². The SMILES string of the molecule is CC(C)N1C(=O)c2ccccc2N2C(=O)CCC21C(=O)OCc1nccc[n+]1[O-]. The molecule has 0 spiro atoms. The highest BCUT2D eigenvalue weighted by atomic mass is 16.5. The van der Waals surface area contributed by atoms with Crippen LogP contribution in [-0.4, -0.2) is 39.4 Å². The van der Waals surface area contributed by atoms with Gasteiger partial charge in [-0.15, -0.1) is 0 Å². The molecule has 2 aromatic rings. The third-order valence-electron chi connectivity index (χ3n) is 5.26. The number of hydrogen-bond donors (Lipinski definition) is 0. The molecular formula is C20H20N4O5. The Morgan fingerprint density at radius 1 is 1.31 bits per heavy atom. The third-order valence-corrected chi connectivity index (χ3v) is 5.26. The number of rotatable bonds is 4. The van der Waals surface area contributed by atoms with Crippen LogP contribution in [-0.2, 0) is 20.9 Å². The maximum absolute atomic E-state index is 13.4. The molecule has 0 aliphatic carbocycles. The van der Waals surface area contributed by atoms with Crippen LogP contribution < -0.4 is 9.63 Å². The van der Waals surface area contributed by atoms with Crippen LogP contribution in [0.1, 0.15) is 42.9 Å². The van der Waals surface area contributed by atoms with Crippen LogP contribution in [0.2, 0.25) is 0 Å². The Kier molecular flexibility index (Phi) is 4.45. The number of benzene rings is 1. The number of carbonyl (C=O) groups excluding carboxylic acids is 3. The minimum absolute atomic E-state index is 0.00626. The van der Waals surface area contributed by atoms with E-state index in [1.165, 1.54) is 28.3 Å². The Balaban J connectivity index is 1.77. The molecule has 150 valence electrons. The van der Waals surface area contributed by atoms with Gasteiger partial charge in [0.15, 0.2) is 6.61 Å². The molecule has 0 bridgehead atoms. The van der Waals surface area contributed by atoms with Crippen LogP contribution in [0.4, 0.5) is 5.69 Å². The topological polar surface area (TPSA) is 107 Å². The van der Waals surface area contributed by atoms with E-state index >= 15 is 0 Å². The van der Waals surface area contributed by atoms with Gasteiger partial charge in [-0.05, 0) is 31.0 Å². The molecule has 1 aromatic heterocycles. The van der Waals surface area contributed by atoms with Gasteiger partial charge in [-0.25, -0.2) is 9.52 Å². The fourth-order valence-corrected chi connectivity index (χ4v) is 4.11. The molecule has 4 rings (SSSR count). The predicted octanol–water partition coefficient (Wildman–Crippen LogP) is 1.15. The quantitative estimate of drug-likeness (QED) is 0.436. The minimum atomic E-state index is -1.58. The minimum Gasteiger partial charge on any atom is -0.711 e. The second kappa shape index (κ2) is 6.84. The van der Waals surface area contributed by atoms with Gasteiger partial charge in [0.2, 0.25) is 11.6 Å². The van der Waals surface area contributed by atoms with E-state index in [-0.39, 0.29) is 43.1 Å². The second-order valence-electron chi connectivity index (χ2n) is 7.27. The molecule has 1 fully saturated rings. The molecule has 29 heavy (non-hydrogen) atoms. The van der Waals surface area contributed by atoms with E-state index < -0.39 is 11.6 Å². The number of anilines is 1. The molecule has 3 heterocycles. The average molecular weight is 396 g/mol. The summed E-state index contributed by atoms with van der Waals surface area (Å²) in [6.45, 7) is 3.20. The fraction of sp³-hybridized carbons (Fsp3) is 0.350. The lowest BCUT2D eigenvalue weighted by Crippen LogP contribution is -2.70. The van der Waals surface area contributed by atoms with E-state index in [1.807, 2.05) is 0 Å². The summed E-state index contributed by atoms with van der Waals surface area (Å²) < 4.78 is 5.94. The molecule has 0 N–H and O–H groups in total. The summed E-state index contributed by atoms with van der Waals surface area (Å²) >= 11 is 0. The van der Waals surface area contributed by atoms with Crippen molar-refractivity contribution in [2.75, 3.05) is 4.90 Å². The first-order valence-corrected chi connectivity index (χ1v) is 9.34. The number of ether oxygens (including phenoxy) is 1. The number of aromatic nitrogens is 2. The highest BCUT2D eigenvalue weighted by Crippen LogP contribution is 2.46. The van der Waals surface area contributed by atoms with Crippen molar-refractivity contribution in [2.45, 2.75) is 45.0 Å². The van der Waals surface area contributed by atoms with Crippen molar-refractivity contribution in [2.24, 2.45) is 0 Å². The molecule has 2 aliphatic heterocycles. The zero-order valence-electron chi connectivity index (χ0n) is 16.1. The van der Waals surface area contributed by atoms with Crippen LogP contribution in [0.3, 0.4) is 0 Å². The van der Waals surface area contributed by atoms with Gasteiger partial charge in [-0.1, -0.05) is 12.1 Å². The van der Waals surface area contributed by atoms with E-state index in [4.69, 9.17) is 4.74 Å². The van der Waals surface area contributed by atoms with Gasteiger partial charge in [0.05, 0.1) is 17.4 Å². The third kappa shape index (κ3) is 2.72. The van der Waals surface area contributed by atoms with Crippen LogP contribution in [0.5, 0.6) is 0 Å². The molecule has 0 saturated carbocycles. The van der Waals surface area contributed by atoms with Crippen molar-refractivity contribution < 1.29 is 23.9 Å². The van der Waals surface area contributed by atoms with Crippen LogP contribution in [0.25, 0.3) is 0 Å². The summed E-state index contributed by atoms with van der Waals surface area (Å²) in [6, 6.07) is 7.83. The van der Waals surface area contributed by atoms with Crippen LogP contribution in [0, 0.1) is 5.21 Å². The highest BCUT2D eigenvalue weighted by Gasteiger charge is 2.62. The van der Waals surface area contributed by atoms with Crippen LogP contribution >= 0.6 is 0 Å². The number of fused-ring (bicyclic) bond motifs is 3. The van der Waals surface area contributed by atoms with Gasteiger partial charge in [-0.3, -0.25) is 14.5 Å². The Bertz CT molecular complexity index is 1010. The summed E-state index contributed by atoms with van der Waals surface area (Å²) in [5.74, 6) is -1.35. The highest BCUT2D eigenvalue weighted by molar-refractivity contribution is 6.15. The zero-order chi connectivity index (χ0) is 20.8. The number of amides is 2. The van der Waals surface area contributed by atoms with Gasteiger partial charge in [0, 0.05) is 24.9 Å². The molecule has 1 saturated heterocycles. The lowest BCUT2D eigenvalue weighted by molar-refractivity contribution is -0.620. The smallest absolute Gasteiger partial charge is 0.354 e. The maximum atomic E-state index is 13.4. The standard InChI is InChI=1S/C20H20N4O5/c1-13(2)23-18(26)14-6-3-4-7-15(14)24-17(25)8-9-20(23,24)19(27)29-12-16-21-10-5-11-22(16)28/h3-7,10-11,13H,8-9,12H2,1-2H3. The lowest BCUT2D eigenvalue weighted by Gasteiger charge is -2.50. The molecule has 1 aromatic carbocycles. The first-order chi connectivity index (χ1) is 13.9. The number of hydrogen-bond acceptors (Lipinski definition) is 6. The number of para-hydroxylation sites is 1. The van der Waals surface area contributed by atoms with Crippen molar-refractivity contribution in [1.82, 2.24) is 9.88 Å². The van der Waals surface area contributed by atoms with Crippen molar-refractivity contribution in [1.29, 1.82) is 0 Å². The van der Waals surface area contributed by atoms with E-state index in [2.05, 4.69) is 4.98 Å². The van der Waals surface area contributed by atoms with Crippen molar-refractivity contribution in [3.63, 3.8) is 0 Å². The Labute approximate surface area is 167 Å².